The van der Waals surface area contributed by atoms with E-state index >= 15 is 0 Å². The molecule has 0 aliphatic carbocycles. The lowest BCUT2D eigenvalue weighted by atomic mass is 10.2. The minimum atomic E-state index is -4.44. The Balaban J connectivity index is 3.88. The Kier molecular flexibility index (Phi) is 7.97. The molecule has 4 nitrogen and oxygen atoms in total. The van der Waals surface area contributed by atoms with Gasteiger partial charge in [0.1, 0.15) is 6.54 Å². The lowest BCUT2D eigenvalue weighted by molar-refractivity contribution is -0.141. The molecule has 0 atom stereocenters. The van der Waals surface area contributed by atoms with E-state index in [0.717, 1.165) is 16.7 Å². The van der Waals surface area contributed by atoms with Crippen molar-refractivity contribution >= 4 is 27.7 Å². The van der Waals surface area contributed by atoms with Gasteiger partial charge in [0, 0.05) is 18.8 Å². The first-order valence-corrected chi connectivity index (χ1v) is 6.52. The number of nitrogens with zero attached hydrogens (tertiary/aromatic N) is 1. The van der Waals surface area contributed by atoms with Crippen LogP contribution in [0.4, 0.5) is 13.2 Å². The van der Waals surface area contributed by atoms with Crippen molar-refractivity contribution in [2.24, 2.45) is 0 Å². The Morgan fingerprint density at radius 1 is 1.28 bits per heavy atom. The third-order valence-electron chi connectivity index (χ3n) is 2.07. The summed E-state index contributed by atoms with van der Waals surface area (Å²) in [6.07, 6.45) is -2.64. The lowest BCUT2D eigenvalue weighted by Crippen LogP contribution is -2.41. The highest BCUT2D eigenvalue weighted by Crippen LogP contribution is 2.12. The average molecular weight is 333 g/mol. The molecule has 0 radical (unpaired) electrons. The normalized spacial score (nSPS) is 11.2. The van der Waals surface area contributed by atoms with E-state index in [9.17, 15) is 22.8 Å². The van der Waals surface area contributed by atoms with Crippen LogP contribution >= 0.6 is 15.9 Å². The second-order valence-corrected chi connectivity index (χ2v) is 4.58. The van der Waals surface area contributed by atoms with Crippen molar-refractivity contribution < 1.29 is 22.8 Å². The highest BCUT2D eigenvalue weighted by atomic mass is 79.9. The van der Waals surface area contributed by atoms with Gasteiger partial charge >= 0.3 is 6.18 Å². The largest absolute Gasteiger partial charge is 0.405 e. The molecule has 18 heavy (non-hydrogen) atoms. The van der Waals surface area contributed by atoms with E-state index in [4.69, 9.17) is 0 Å². The monoisotopic (exact) mass is 332 g/mol. The van der Waals surface area contributed by atoms with Gasteiger partial charge in [-0.05, 0) is 12.8 Å². The summed E-state index contributed by atoms with van der Waals surface area (Å²) in [6, 6.07) is 0. The molecular formula is C10H16BrF3N2O2. The lowest BCUT2D eigenvalue weighted by Gasteiger charge is -2.17. The number of nitrogens with one attached hydrogen (secondary N) is 1. The average Bonchev–Trinajstić information content (AvgIpc) is 2.25. The zero-order valence-electron chi connectivity index (χ0n) is 10.0. The zero-order chi connectivity index (χ0) is 14.2. The molecule has 0 bridgehead atoms. The Morgan fingerprint density at radius 2 is 1.89 bits per heavy atom. The van der Waals surface area contributed by atoms with E-state index in [1.807, 2.05) is 0 Å². The molecule has 0 saturated heterocycles. The van der Waals surface area contributed by atoms with Crippen LogP contribution in [0, 0.1) is 0 Å². The van der Waals surface area contributed by atoms with E-state index in [1.54, 1.807) is 5.32 Å². The van der Waals surface area contributed by atoms with Gasteiger partial charge in [0.05, 0.1) is 6.54 Å². The quantitative estimate of drug-likeness (QED) is 0.569. The highest BCUT2D eigenvalue weighted by molar-refractivity contribution is 9.09. The Morgan fingerprint density at radius 3 is 2.39 bits per heavy atom. The maximum Gasteiger partial charge on any atom is 0.405 e. The molecule has 0 aromatic heterocycles. The smallest absolute Gasteiger partial charge is 0.345 e. The SMILES string of the molecule is CN(CC(=O)NCC(F)(F)F)C(=O)CCCCBr. The van der Waals surface area contributed by atoms with Crippen LogP contribution in [-0.2, 0) is 9.59 Å². The molecular weight excluding hydrogens is 317 g/mol. The first kappa shape index (κ1) is 17.2. The van der Waals surface area contributed by atoms with E-state index in [0.29, 0.717) is 6.42 Å². The van der Waals surface area contributed by atoms with Crippen LogP contribution in [0.1, 0.15) is 19.3 Å². The van der Waals surface area contributed by atoms with Crippen LogP contribution in [0.5, 0.6) is 0 Å². The Hall–Kier alpha value is -0.790. The summed E-state index contributed by atoms with van der Waals surface area (Å²) in [4.78, 5) is 23.7. The minimum absolute atomic E-state index is 0.252. The molecule has 2 amide bonds. The van der Waals surface area contributed by atoms with Gasteiger partial charge in [-0.3, -0.25) is 9.59 Å². The fourth-order valence-electron chi connectivity index (χ4n) is 1.12. The van der Waals surface area contributed by atoms with Gasteiger partial charge in [-0.1, -0.05) is 15.9 Å². The highest BCUT2D eigenvalue weighted by Gasteiger charge is 2.27. The first-order chi connectivity index (χ1) is 8.26. The van der Waals surface area contributed by atoms with Crippen molar-refractivity contribution in [3.05, 3.63) is 0 Å². The number of hydrogen-bond donors (Lipinski definition) is 1. The molecule has 106 valence electrons. The van der Waals surface area contributed by atoms with Gasteiger partial charge in [0.25, 0.3) is 0 Å². The Bertz CT molecular complexity index is 285. The summed E-state index contributed by atoms with van der Waals surface area (Å²) in [7, 11) is 1.39. The third kappa shape index (κ3) is 9.26. The summed E-state index contributed by atoms with van der Waals surface area (Å²) in [5, 5.41) is 2.50. The van der Waals surface area contributed by atoms with Crippen LogP contribution in [0.3, 0.4) is 0 Å². The molecule has 0 aromatic rings. The van der Waals surface area contributed by atoms with Gasteiger partial charge in [-0.15, -0.1) is 0 Å². The molecule has 0 heterocycles. The molecule has 0 saturated carbocycles. The number of alkyl halides is 4. The van der Waals surface area contributed by atoms with Crippen molar-refractivity contribution in [3.8, 4) is 0 Å². The molecule has 0 rings (SSSR count). The summed E-state index contributed by atoms with van der Waals surface area (Å²) >= 11 is 3.22. The van der Waals surface area contributed by atoms with Gasteiger partial charge < -0.3 is 10.2 Å². The molecule has 0 spiro atoms. The van der Waals surface area contributed by atoms with Crippen molar-refractivity contribution in [3.63, 3.8) is 0 Å². The standard InChI is InChI=1S/C10H16BrF3N2O2/c1-16(9(18)4-2-3-5-11)6-8(17)15-7-10(12,13)14/h2-7H2,1H3,(H,15,17). The molecule has 8 heteroatoms. The van der Waals surface area contributed by atoms with Crippen molar-refractivity contribution in [1.82, 2.24) is 10.2 Å². The van der Waals surface area contributed by atoms with E-state index in [-0.39, 0.29) is 18.9 Å². The minimum Gasteiger partial charge on any atom is -0.345 e. The second-order valence-electron chi connectivity index (χ2n) is 3.79. The number of carbonyl (C=O) groups is 2. The number of likely N-dealkylation sites (N-methyl/N-ethyl adjacent to an activating group) is 1. The van der Waals surface area contributed by atoms with Gasteiger partial charge in [-0.25, -0.2) is 0 Å². The molecule has 0 aliphatic rings. The van der Waals surface area contributed by atoms with Crippen molar-refractivity contribution in [2.45, 2.75) is 25.4 Å². The molecule has 0 aliphatic heterocycles. The van der Waals surface area contributed by atoms with Crippen LogP contribution in [0.2, 0.25) is 0 Å². The number of amides is 2. The summed E-state index contributed by atoms with van der Waals surface area (Å²) in [5.74, 6) is -1.07. The van der Waals surface area contributed by atoms with E-state index < -0.39 is 18.6 Å². The van der Waals surface area contributed by atoms with E-state index in [1.165, 1.54) is 7.05 Å². The van der Waals surface area contributed by atoms with Gasteiger partial charge in [0.2, 0.25) is 11.8 Å². The van der Waals surface area contributed by atoms with Gasteiger partial charge in [0.15, 0.2) is 0 Å². The summed E-state index contributed by atoms with van der Waals surface area (Å²) < 4.78 is 35.5. The summed E-state index contributed by atoms with van der Waals surface area (Å²) in [5.41, 5.74) is 0. The number of carbonyl (C=O) groups excluding carboxylic acids is 2. The molecule has 0 fully saturated rings. The van der Waals surface area contributed by atoms with Crippen LogP contribution in [0.25, 0.3) is 0 Å². The van der Waals surface area contributed by atoms with Crippen LogP contribution < -0.4 is 5.32 Å². The maximum atomic E-state index is 11.8. The number of hydrogen-bond acceptors (Lipinski definition) is 2. The predicted octanol–water partition coefficient (Wildman–Crippen LogP) is 1.69. The predicted molar refractivity (Wildman–Crippen MR) is 64.3 cm³/mol. The van der Waals surface area contributed by atoms with Crippen LogP contribution in [-0.4, -0.2) is 48.4 Å². The van der Waals surface area contributed by atoms with E-state index in [2.05, 4.69) is 15.9 Å². The second kappa shape index (κ2) is 8.34. The molecule has 0 unspecified atom stereocenters. The number of unbranched alkanes of at least 4 members (excludes halogenated alkanes) is 1. The first-order valence-electron chi connectivity index (χ1n) is 5.39. The van der Waals surface area contributed by atoms with Crippen LogP contribution in [0.15, 0.2) is 0 Å². The number of rotatable bonds is 7. The maximum absolute atomic E-state index is 11.8. The fourth-order valence-corrected chi connectivity index (χ4v) is 1.52. The van der Waals surface area contributed by atoms with Crippen molar-refractivity contribution in [1.29, 1.82) is 0 Å². The zero-order valence-corrected chi connectivity index (χ0v) is 11.6. The third-order valence-corrected chi connectivity index (χ3v) is 2.63. The molecule has 0 aromatic carbocycles. The number of halogens is 4. The Labute approximate surface area is 112 Å². The molecule has 1 N–H and O–H groups in total. The summed E-state index contributed by atoms with van der Waals surface area (Å²) in [6.45, 7) is -1.74. The van der Waals surface area contributed by atoms with Crippen molar-refractivity contribution in [2.75, 3.05) is 25.5 Å². The fraction of sp³-hybridized carbons (Fsp3) is 0.800. The van der Waals surface area contributed by atoms with Gasteiger partial charge in [-0.2, -0.15) is 13.2 Å². The topological polar surface area (TPSA) is 49.4 Å².